The maximum Gasteiger partial charge on any atom is 0.188 e. The predicted octanol–water partition coefficient (Wildman–Crippen LogP) is 2.07. The van der Waals surface area contributed by atoms with Gasteiger partial charge in [0.1, 0.15) is 5.60 Å². The SMILES string of the molecule is CC(C)CNC(N)=NCC(C)(O)c1ccccc1.I. The highest BCUT2D eigenvalue weighted by Crippen LogP contribution is 2.20. The molecule has 1 aromatic rings. The van der Waals surface area contributed by atoms with Crippen LogP contribution in [-0.2, 0) is 5.60 Å². The molecule has 0 spiro atoms. The van der Waals surface area contributed by atoms with Crippen LogP contribution in [0.5, 0.6) is 0 Å². The van der Waals surface area contributed by atoms with E-state index in [2.05, 4.69) is 24.2 Å². The third-order valence-electron chi connectivity index (χ3n) is 2.64. The zero-order valence-corrected chi connectivity index (χ0v) is 14.1. The van der Waals surface area contributed by atoms with Crippen LogP contribution in [0.3, 0.4) is 0 Å². The molecule has 0 aliphatic heterocycles. The minimum atomic E-state index is -0.995. The average molecular weight is 377 g/mol. The maximum absolute atomic E-state index is 10.3. The normalized spacial score (nSPS) is 14.7. The summed E-state index contributed by atoms with van der Waals surface area (Å²) in [6.07, 6.45) is 0. The van der Waals surface area contributed by atoms with Gasteiger partial charge in [-0.05, 0) is 18.4 Å². The summed E-state index contributed by atoms with van der Waals surface area (Å²) in [5.74, 6) is 0.883. The number of aliphatic hydroxyl groups is 1. The van der Waals surface area contributed by atoms with Crippen molar-refractivity contribution in [3.8, 4) is 0 Å². The Morgan fingerprint density at radius 2 is 1.95 bits per heavy atom. The van der Waals surface area contributed by atoms with Gasteiger partial charge in [0.2, 0.25) is 0 Å². The number of guanidine groups is 1. The fraction of sp³-hybridized carbons (Fsp3) is 0.500. The van der Waals surface area contributed by atoms with Crippen LogP contribution in [0.25, 0.3) is 0 Å². The van der Waals surface area contributed by atoms with Gasteiger partial charge in [-0.2, -0.15) is 0 Å². The average Bonchev–Trinajstić information content (AvgIpc) is 2.35. The van der Waals surface area contributed by atoms with Crippen LogP contribution in [0.2, 0.25) is 0 Å². The smallest absolute Gasteiger partial charge is 0.188 e. The summed E-state index contributed by atoms with van der Waals surface area (Å²) < 4.78 is 0. The molecule has 19 heavy (non-hydrogen) atoms. The number of hydrogen-bond acceptors (Lipinski definition) is 2. The Hall–Kier alpha value is -0.820. The number of rotatable bonds is 5. The number of nitrogens with zero attached hydrogens (tertiary/aromatic N) is 1. The van der Waals surface area contributed by atoms with Gasteiger partial charge < -0.3 is 16.2 Å². The highest BCUT2D eigenvalue weighted by Gasteiger charge is 2.22. The van der Waals surface area contributed by atoms with E-state index in [1.165, 1.54) is 0 Å². The van der Waals surface area contributed by atoms with Crippen LogP contribution in [0, 0.1) is 5.92 Å². The first kappa shape index (κ1) is 18.2. The second kappa shape index (κ2) is 8.37. The lowest BCUT2D eigenvalue weighted by atomic mass is 9.96. The van der Waals surface area contributed by atoms with Crippen LogP contribution >= 0.6 is 24.0 Å². The quantitative estimate of drug-likeness (QED) is 0.418. The van der Waals surface area contributed by atoms with Crippen molar-refractivity contribution in [2.75, 3.05) is 13.1 Å². The van der Waals surface area contributed by atoms with Gasteiger partial charge in [-0.1, -0.05) is 44.2 Å². The zero-order chi connectivity index (χ0) is 13.6. The van der Waals surface area contributed by atoms with Gasteiger partial charge in [0.05, 0.1) is 6.54 Å². The molecule has 0 aliphatic rings. The Morgan fingerprint density at radius 3 is 2.47 bits per heavy atom. The van der Waals surface area contributed by atoms with Crippen molar-refractivity contribution in [3.63, 3.8) is 0 Å². The summed E-state index contributed by atoms with van der Waals surface area (Å²) in [6.45, 7) is 6.96. The van der Waals surface area contributed by atoms with E-state index in [4.69, 9.17) is 5.73 Å². The Labute approximate surface area is 132 Å². The fourth-order valence-electron chi connectivity index (χ4n) is 1.49. The molecule has 1 unspecified atom stereocenters. The summed E-state index contributed by atoms with van der Waals surface area (Å²) in [7, 11) is 0. The summed E-state index contributed by atoms with van der Waals surface area (Å²) >= 11 is 0. The standard InChI is InChI=1S/C14H23N3O.HI/c1-11(2)9-16-13(15)17-10-14(3,18)12-7-5-4-6-8-12;/h4-8,11,18H,9-10H2,1-3H3,(H3,15,16,17);1H. The Balaban J connectivity index is 0.00000324. The minimum absolute atomic E-state index is 0. The molecular weight excluding hydrogens is 353 g/mol. The molecule has 0 aromatic heterocycles. The van der Waals surface area contributed by atoms with Gasteiger partial charge in [0.15, 0.2) is 5.96 Å². The summed E-state index contributed by atoms with van der Waals surface area (Å²) in [5, 5.41) is 13.3. The summed E-state index contributed by atoms with van der Waals surface area (Å²) in [4.78, 5) is 4.18. The zero-order valence-electron chi connectivity index (χ0n) is 11.8. The molecule has 0 radical (unpaired) electrons. The van der Waals surface area contributed by atoms with Crippen LogP contribution in [0.15, 0.2) is 35.3 Å². The monoisotopic (exact) mass is 377 g/mol. The second-order valence-electron chi connectivity index (χ2n) is 5.12. The molecule has 0 heterocycles. The third-order valence-corrected chi connectivity index (χ3v) is 2.64. The fourth-order valence-corrected chi connectivity index (χ4v) is 1.49. The topological polar surface area (TPSA) is 70.6 Å². The molecular formula is C14H24IN3O. The van der Waals surface area contributed by atoms with Crippen molar-refractivity contribution >= 4 is 29.9 Å². The van der Waals surface area contributed by atoms with E-state index < -0.39 is 5.60 Å². The van der Waals surface area contributed by atoms with Crippen LogP contribution in [-0.4, -0.2) is 24.2 Å². The van der Waals surface area contributed by atoms with Crippen molar-refractivity contribution in [2.24, 2.45) is 16.6 Å². The van der Waals surface area contributed by atoms with Crippen LogP contribution in [0.4, 0.5) is 0 Å². The van der Waals surface area contributed by atoms with Gasteiger partial charge in [-0.25, -0.2) is 0 Å². The number of aliphatic imine (C=N–C) groups is 1. The molecule has 0 aliphatic carbocycles. The summed E-state index contributed by atoms with van der Waals surface area (Å²) in [5.41, 5.74) is 5.58. The van der Waals surface area contributed by atoms with E-state index >= 15 is 0 Å². The largest absolute Gasteiger partial charge is 0.384 e. The van der Waals surface area contributed by atoms with Gasteiger partial charge in [-0.3, -0.25) is 4.99 Å². The van der Waals surface area contributed by atoms with Gasteiger partial charge in [0, 0.05) is 6.54 Å². The molecule has 0 saturated heterocycles. The van der Waals surface area contributed by atoms with E-state index in [-0.39, 0.29) is 30.5 Å². The summed E-state index contributed by atoms with van der Waals surface area (Å²) in [6, 6.07) is 9.48. The highest BCUT2D eigenvalue weighted by molar-refractivity contribution is 14.0. The molecule has 0 amide bonds. The van der Waals surface area contributed by atoms with Crippen LogP contribution in [0.1, 0.15) is 26.3 Å². The van der Waals surface area contributed by atoms with Crippen molar-refractivity contribution in [2.45, 2.75) is 26.4 Å². The number of halogens is 1. The first-order valence-electron chi connectivity index (χ1n) is 6.23. The maximum atomic E-state index is 10.3. The molecule has 4 N–H and O–H groups in total. The first-order valence-corrected chi connectivity index (χ1v) is 6.23. The Bertz CT molecular complexity index is 391. The Kier molecular flexibility index (Phi) is 8.01. The van der Waals surface area contributed by atoms with Crippen LogP contribution < -0.4 is 11.1 Å². The lowest BCUT2D eigenvalue weighted by Crippen LogP contribution is -2.36. The lowest BCUT2D eigenvalue weighted by molar-refractivity contribution is 0.0673. The third kappa shape index (κ3) is 6.77. The molecule has 1 rings (SSSR count). The molecule has 1 atom stereocenters. The Morgan fingerprint density at radius 1 is 1.37 bits per heavy atom. The molecule has 108 valence electrons. The van der Waals surface area contributed by atoms with E-state index in [0.717, 1.165) is 12.1 Å². The van der Waals surface area contributed by atoms with E-state index in [0.29, 0.717) is 11.9 Å². The number of hydrogen-bond donors (Lipinski definition) is 3. The molecule has 5 heteroatoms. The number of nitrogens with one attached hydrogen (secondary N) is 1. The highest BCUT2D eigenvalue weighted by atomic mass is 127. The number of benzene rings is 1. The van der Waals surface area contributed by atoms with Gasteiger partial charge >= 0.3 is 0 Å². The minimum Gasteiger partial charge on any atom is -0.384 e. The molecule has 0 saturated carbocycles. The van der Waals surface area contributed by atoms with Gasteiger partial charge in [-0.15, -0.1) is 24.0 Å². The van der Waals surface area contributed by atoms with E-state index in [1.54, 1.807) is 6.92 Å². The van der Waals surface area contributed by atoms with Crippen molar-refractivity contribution in [3.05, 3.63) is 35.9 Å². The molecule has 4 nitrogen and oxygen atoms in total. The van der Waals surface area contributed by atoms with Crippen molar-refractivity contribution < 1.29 is 5.11 Å². The van der Waals surface area contributed by atoms with Crippen molar-refractivity contribution in [1.29, 1.82) is 0 Å². The lowest BCUT2D eigenvalue weighted by Gasteiger charge is -2.22. The van der Waals surface area contributed by atoms with Gasteiger partial charge in [0.25, 0.3) is 0 Å². The molecule has 0 fully saturated rings. The van der Waals surface area contributed by atoms with Crippen molar-refractivity contribution in [1.82, 2.24) is 5.32 Å². The first-order chi connectivity index (χ1) is 8.42. The molecule has 0 bridgehead atoms. The number of nitrogens with two attached hydrogens (primary N) is 1. The predicted molar refractivity (Wildman–Crippen MR) is 90.8 cm³/mol. The second-order valence-corrected chi connectivity index (χ2v) is 5.12. The van der Waals surface area contributed by atoms with E-state index in [1.807, 2.05) is 30.3 Å². The molecule has 1 aromatic carbocycles. The van der Waals surface area contributed by atoms with E-state index in [9.17, 15) is 5.11 Å².